The first-order valence-corrected chi connectivity index (χ1v) is 12.9. The highest BCUT2D eigenvalue weighted by molar-refractivity contribution is 6.02. The number of aromatic nitrogens is 3. The zero-order chi connectivity index (χ0) is 24.5. The molecule has 2 aliphatic carbocycles. The van der Waals surface area contributed by atoms with Crippen LogP contribution in [0.25, 0.3) is 22.2 Å². The smallest absolute Gasteiger partial charge is 0.319 e. The maximum absolute atomic E-state index is 12.2. The van der Waals surface area contributed by atoms with Gasteiger partial charge in [-0.15, -0.1) is 0 Å². The number of rotatable bonds is 8. The van der Waals surface area contributed by atoms with E-state index in [9.17, 15) is 4.79 Å². The van der Waals surface area contributed by atoms with Crippen molar-refractivity contribution in [2.75, 3.05) is 17.7 Å². The Bertz CT molecular complexity index is 1350. The van der Waals surface area contributed by atoms with Gasteiger partial charge in [0.15, 0.2) is 0 Å². The molecule has 0 atom stereocenters. The van der Waals surface area contributed by atoms with Crippen molar-refractivity contribution in [1.82, 2.24) is 19.7 Å². The number of benzene rings is 2. The van der Waals surface area contributed by atoms with E-state index in [1.807, 2.05) is 47.3 Å². The van der Waals surface area contributed by atoms with Gasteiger partial charge in [0.1, 0.15) is 12.4 Å². The van der Waals surface area contributed by atoms with Crippen molar-refractivity contribution in [1.29, 1.82) is 0 Å². The van der Waals surface area contributed by atoms with Gasteiger partial charge in [0.25, 0.3) is 0 Å². The van der Waals surface area contributed by atoms with E-state index in [0.29, 0.717) is 25.2 Å². The van der Waals surface area contributed by atoms with E-state index in [2.05, 4.69) is 32.4 Å². The Morgan fingerprint density at radius 1 is 1.08 bits per heavy atom. The molecule has 0 spiro atoms. The number of urea groups is 1. The summed E-state index contributed by atoms with van der Waals surface area (Å²) in [5, 5.41) is 11.2. The molecular formula is C28H32N6O2. The molecule has 0 unspecified atom stereocenters. The average molecular weight is 485 g/mol. The number of nitrogens with two attached hydrogens (primary N) is 1. The number of fused-ring (bicyclic) bond motifs is 1. The van der Waals surface area contributed by atoms with E-state index in [4.69, 9.17) is 10.5 Å². The molecule has 0 saturated heterocycles. The van der Waals surface area contributed by atoms with Crippen LogP contribution in [0.1, 0.15) is 44.6 Å². The number of anilines is 2. The van der Waals surface area contributed by atoms with Gasteiger partial charge in [0.2, 0.25) is 0 Å². The van der Waals surface area contributed by atoms with E-state index in [1.54, 1.807) is 6.20 Å². The number of hydrogen-bond donors (Lipinski definition) is 3. The Hall–Kier alpha value is -3.94. The predicted octanol–water partition coefficient (Wildman–Crippen LogP) is 5.57. The normalized spacial score (nSPS) is 15.9. The minimum atomic E-state index is -0.143. The van der Waals surface area contributed by atoms with Gasteiger partial charge >= 0.3 is 6.03 Å². The molecule has 0 aliphatic heterocycles. The summed E-state index contributed by atoms with van der Waals surface area (Å²) in [6.07, 6.45) is 10.5. The van der Waals surface area contributed by atoms with Gasteiger partial charge in [0.05, 0.1) is 23.4 Å². The zero-order valence-electron chi connectivity index (χ0n) is 20.3. The molecule has 2 fully saturated rings. The van der Waals surface area contributed by atoms with Gasteiger partial charge < -0.3 is 25.7 Å². The van der Waals surface area contributed by atoms with E-state index in [0.717, 1.165) is 65.0 Å². The van der Waals surface area contributed by atoms with E-state index < -0.39 is 0 Å². The van der Waals surface area contributed by atoms with Crippen LogP contribution in [0.4, 0.5) is 16.2 Å². The number of nitrogen functional groups attached to an aromatic ring is 1. The lowest BCUT2D eigenvalue weighted by molar-refractivity contribution is 0.240. The van der Waals surface area contributed by atoms with Crippen LogP contribution in [-0.2, 0) is 6.54 Å². The number of carbonyl (C=O) groups is 1. The highest BCUT2D eigenvalue weighted by atomic mass is 16.5. The molecule has 2 aromatic carbocycles. The first-order valence-electron chi connectivity index (χ1n) is 12.9. The van der Waals surface area contributed by atoms with Crippen molar-refractivity contribution < 1.29 is 9.53 Å². The van der Waals surface area contributed by atoms with Gasteiger partial charge in [-0.2, -0.15) is 5.10 Å². The lowest BCUT2D eigenvalue weighted by atomic mass is 9.92. The number of nitrogens with one attached hydrogen (secondary N) is 2. The van der Waals surface area contributed by atoms with Gasteiger partial charge in [-0.05, 0) is 68.9 Å². The molecule has 8 nitrogen and oxygen atoms in total. The lowest BCUT2D eigenvalue weighted by Gasteiger charge is -2.30. The monoisotopic (exact) mass is 484 g/mol. The molecule has 2 saturated carbocycles. The predicted molar refractivity (Wildman–Crippen MR) is 142 cm³/mol. The fourth-order valence-electron chi connectivity index (χ4n) is 5.03. The van der Waals surface area contributed by atoms with Crippen LogP contribution in [0.5, 0.6) is 5.75 Å². The third kappa shape index (κ3) is 4.39. The second-order valence-corrected chi connectivity index (χ2v) is 9.82. The van der Waals surface area contributed by atoms with Gasteiger partial charge in [-0.25, -0.2) is 4.79 Å². The highest BCUT2D eigenvalue weighted by Gasteiger charge is 2.27. The summed E-state index contributed by atoms with van der Waals surface area (Å²) in [5.41, 5.74) is 11.5. The SMILES string of the molecule is Nc1c(-c2ccc(NC(=O)NC3CCC3)cc2)n(C2CCC2)c2cc(OCCn3cccn3)ccc12. The minimum Gasteiger partial charge on any atom is -0.492 e. The molecule has 0 radical (unpaired) electrons. The van der Waals surface area contributed by atoms with Crippen molar-refractivity contribution in [3.63, 3.8) is 0 Å². The van der Waals surface area contributed by atoms with E-state index in [1.165, 1.54) is 12.8 Å². The summed E-state index contributed by atoms with van der Waals surface area (Å²) in [7, 11) is 0. The quantitative estimate of drug-likeness (QED) is 0.305. The molecule has 186 valence electrons. The molecule has 2 amide bonds. The molecule has 2 heterocycles. The van der Waals surface area contributed by atoms with Crippen molar-refractivity contribution in [3.05, 3.63) is 60.9 Å². The Labute approximate surface area is 210 Å². The molecule has 8 heteroatoms. The molecule has 4 aromatic rings. The van der Waals surface area contributed by atoms with Gasteiger partial charge in [-0.3, -0.25) is 4.68 Å². The zero-order valence-corrected chi connectivity index (χ0v) is 20.3. The third-order valence-corrected chi connectivity index (χ3v) is 7.46. The van der Waals surface area contributed by atoms with E-state index >= 15 is 0 Å². The lowest BCUT2D eigenvalue weighted by Crippen LogP contribution is -2.41. The first kappa shape index (κ1) is 22.5. The van der Waals surface area contributed by atoms with Crippen molar-refractivity contribution in [3.8, 4) is 17.0 Å². The van der Waals surface area contributed by atoms with Crippen molar-refractivity contribution in [2.45, 2.75) is 57.2 Å². The molecular weight excluding hydrogens is 452 g/mol. The maximum atomic E-state index is 12.2. The number of carbonyl (C=O) groups excluding carboxylic acids is 1. The van der Waals surface area contributed by atoms with Crippen LogP contribution in [-0.4, -0.2) is 33.0 Å². The number of nitrogens with zero attached hydrogens (tertiary/aromatic N) is 3. The molecule has 4 N–H and O–H groups in total. The first-order chi connectivity index (χ1) is 17.7. The second kappa shape index (κ2) is 9.60. The Morgan fingerprint density at radius 3 is 2.56 bits per heavy atom. The van der Waals surface area contributed by atoms with Crippen LogP contribution in [0, 0.1) is 0 Å². The fraction of sp³-hybridized carbons (Fsp3) is 0.357. The largest absolute Gasteiger partial charge is 0.492 e. The average Bonchev–Trinajstić information content (AvgIpc) is 3.43. The highest BCUT2D eigenvalue weighted by Crippen LogP contribution is 2.44. The van der Waals surface area contributed by atoms with Crippen LogP contribution in [0.3, 0.4) is 0 Å². The number of hydrogen-bond acceptors (Lipinski definition) is 4. The van der Waals surface area contributed by atoms with E-state index in [-0.39, 0.29) is 6.03 Å². The molecule has 0 bridgehead atoms. The van der Waals surface area contributed by atoms with Crippen LogP contribution in [0.15, 0.2) is 60.9 Å². The Balaban J connectivity index is 1.26. The second-order valence-electron chi connectivity index (χ2n) is 9.82. The molecule has 2 aromatic heterocycles. The van der Waals surface area contributed by atoms with Crippen molar-refractivity contribution in [2.24, 2.45) is 0 Å². The van der Waals surface area contributed by atoms with Crippen LogP contribution in [0.2, 0.25) is 0 Å². The summed E-state index contributed by atoms with van der Waals surface area (Å²) in [6, 6.07) is 16.6. The van der Waals surface area contributed by atoms with Gasteiger partial charge in [-0.1, -0.05) is 12.1 Å². The Kier molecular flexibility index (Phi) is 6.01. The van der Waals surface area contributed by atoms with Crippen LogP contribution < -0.4 is 21.1 Å². The van der Waals surface area contributed by atoms with Gasteiger partial charge in [0, 0.05) is 47.2 Å². The minimum absolute atomic E-state index is 0.143. The summed E-state index contributed by atoms with van der Waals surface area (Å²) in [5.74, 6) is 0.830. The molecule has 36 heavy (non-hydrogen) atoms. The fourth-order valence-corrected chi connectivity index (χ4v) is 5.03. The summed E-state index contributed by atoms with van der Waals surface area (Å²) >= 11 is 0. The summed E-state index contributed by atoms with van der Waals surface area (Å²) in [6.45, 7) is 1.24. The third-order valence-electron chi connectivity index (χ3n) is 7.46. The Morgan fingerprint density at radius 2 is 1.89 bits per heavy atom. The molecule has 2 aliphatic rings. The standard InChI is InChI=1S/C28H32N6O2/c29-26-24-13-12-23(36-17-16-33-15-3-14-30-33)18-25(24)34(22-6-2-7-22)27(26)19-8-10-21(11-9-19)32-28(35)31-20-4-1-5-20/h3,8-15,18,20,22H,1-2,4-7,16-17,29H2,(H2,31,32,35). The van der Waals surface area contributed by atoms with Crippen molar-refractivity contribution >= 4 is 28.3 Å². The number of ether oxygens (including phenoxy) is 1. The van der Waals surface area contributed by atoms with Crippen LogP contribution >= 0.6 is 0 Å². The number of amides is 2. The summed E-state index contributed by atoms with van der Waals surface area (Å²) in [4.78, 5) is 12.2. The molecule has 6 rings (SSSR count). The maximum Gasteiger partial charge on any atom is 0.319 e. The summed E-state index contributed by atoms with van der Waals surface area (Å²) < 4.78 is 10.3. The topological polar surface area (TPSA) is 99.1 Å².